The molecule has 1 heterocycles. The molecule has 2 aromatic carbocycles. The Morgan fingerprint density at radius 3 is 2.52 bits per heavy atom. The summed E-state index contributed by atoms with van der Waals surface area (Å²) in [5, 5.41) is 7.10. The minimum Gasteiger partial charge on any atom is -0.484 e. The molecule has 5 nitrogen and oxygen atoms in total. The molecule has 0 aliphatic heterocycles. The van der Waals surface area contributed by atoms with Gasteiger partial charge in [-0.2, -0.15) is 0 Å². The van der Waals surface area contributed by atoms with Gasteiger partial charge in [-0.15, -0.1) is 11.3 Å². The number of fused-ring (bicyclic) bond motifs is 1. The smallest absolute Gasteiger partial charge is 0.262 e. The summed E-state index contributed by atoms with van der Waals surface area (Å²) in [5.41, 5.74) is 2.69. The number of amides is 2. The molecule has 31 heavy (non-hydrogen) atoms. The van der Waals surface area contributed by atoms with Gasteiger partial charge in [-0.1, -0.05) is 41.9 Å². The van der Waals surface area contributed by atoms with E-state index in [9.17, 15) is 9.59 Å². The van der Waals surface area contributed by atoms with Crippen LogP contribution in [-0.4, -0.2) is 18.4 Å². The van der Waals surface area contributed by atoms with Gasteiger partial charge in [-0.25, -0.2) is 0 Å². The molecule has 3 aromatic rings. The summed E-state index contributed by atoms with van der Waals surface area (Å²) in [6.07, 6.45) is 3.95. The topological polar surface area (TPSA) is 67.4 Å². The van der Waals surface area contributed by atoms with Gasteiger partial charge < -0.3 is 15.4 Å². The highest BCUT2D eigenvalue weighted by molar-refractivity contribution is 7.17. The van der Waals surface area contributed by atoms with Gasteiger partial charge in [-0.05, 0) is 61.1 Å². The Hall–Kier alpha value is -2.83. The normalized spacial score (nSPS) is 12.7. The molecule has 1 aliphatic rings. The largest absolute Gasteiger partial charge is 0.484 e. The average Bonchev–Trinajstić information content (AvgIpc) is 3.15. The van der Waals surface area contributed by atoms with Crippen molar-refractivity contribution in [1.29, 1.82) is 0 Å². The lowest BCUT2D eigenvalue weighted by Gasteiger charge is -2.13. The van der Waals surface area contributed by atoms with Gasteiger partial charge in [0.25, 0.3) is 11.8 Å². The molecule has 2 N–H and O–H groups in total. The van der Waals surface area contributed by atoms with Crippen molar-refractivity contribution in [3.63, 3.8) is 0 Å². The van der Waals surface area contributed by atoms with Crippen molar-refractivity contribution in [3.05, 3.63) is 81.2 Å². The maximum absolute atomic E-state index is 13.1. The van der Waals surface area contributed by atoms with Crippen LogP contribution in [0.5, 0.6) is 5.75 Å². The van der Waals surface area contributed by atoms with E-state index < -0.39 is 0 Å². The highest BCUT2D eigenvalue weighted by Gasteiger charge is 2.26. The zero-order valence-electron chi connectivity index (χ0n) is 16.9. The summed E-state index contributed by atoms with van der Waals surface area (Å²) < 4.78 is 5.54. The molecule has 160 valence electrons. The van der Waals surface area contributed by atoms with E-state index in [2.05, 4.69) is 10.6 Å². The zero-order valence-corrected chi connectivity index (χ0v) is 18.5. The molecular weight excluding hydrogens is 432 g/mol. The van der Waals surface area contributed by atoms with Crippen LogP contribution in [-0.2, 0) is 24.2 Å². The van der Waals surface area contributed by atoms with Crippen LogP contribution < -0.4 is 15.4 Å². The molecule has 0 fully saturated rings. The fourth-order valence-electron chi connectivity index (χ4n) is 3.60. The third-order valence-corrected chi connectivity index (χ3v) is 6.59. The second kappa shape index (κ2) is 9.98. The van der Waals surface area contributed by atoms with Crippen LogP contribution >= 0.6 is 22.9 Å². The third kappa shape index (κ3) is 5.46. The van der Waals surface area contributed by atoms with Crippen LogP contribution in [0.3, 0.4) is 0 Å². The first-order chi connectivity index (χ1) is 15.1. The van der Waals surface area contributed by atoms with Crippen LogP contribution in [0.4, 0.5) is 5.00 Å². The number of benzene rings is 2. The lowest BCUT2D eigenvalue weighted by atomic mass is 9.95. The van der Waals surface area contributed by atoms with E-state index in [0.717, 1.165) is 36.8 Å². The quantitative estimate of drug-likeness (QED) is 0.513. The molecule has 0 atom stereocenters. The second-order valence-electron chi connectivity index (χ2n) is 7.37. The first kappa shape index (κ1) is 21.4. The highest BCUT2D eigenvalue weighted by Crippen LogP contribution is 2.38. The van der Waals surface area contributed by atoms with Gasteiger partial charge in [0.2, 0.25) is 0 Å². The number of halogens is 1. The second-order valence-corrected chi connectivity index (χ2v) is 8.92. The van der Waals surface area contributed by atoms with Gasteiger partial charge in [0.05, 0.1) is 5.56 Å². The van der Waals surface area contributed by atoms with E-state index >= 15 is 0 Å². The number of anilines is 1. The van der Waals surface area contributed by atoms with Crippen LogP contribution in [0.1, 0.15) is 39.2 Å². The lowest BCUT2D eigenvalue weighted by molar-refractivity contribution is -0.118. The third-order valence-electron chi connectivity index (χ3n) is 5.13. The van der Waals surface area contributed by atoms with Gasteiger partial charge in [-0.3, -0.25) is 9.59 Å². The molecule has 0 radical (unpaired) electrons. The molecule has 2 amide bonds. The first-order valence-corrected chi connectivity index (χ1v) is 11.4. The Balaban J connectivity index is 1.46. The summed E-state index contributed by atoms with van der Waals surface area (Å²) in [6.45, 7) is 0.298. The van der Waals surface area contributed by atoms with Crippen molar-refractivity contribution in [1.82, 2.24) is 5.32 Å². The van der Waals surface area contributed by atoms with Crippen LogP contribution in [0.15, 0.2) is 54.6 Å². The summed E-state index contributed by atoms with van der Waals surface area (Å²) in [4.78, 5) is 26.8. The molecule has 7 heteroatoms. The minimum absolute atomic E-state index is 0.144. The number of thiophene rings is 1. The lowest BCUT2D eigenvalue weighted by Crippen LogP contribution is -2.26. The molecular formula is C24H23ClN2O3S. The number of carbonyl (C=O) groups excluding carboxylic acids is 2. The van der Waals surface area contributed by atoms with Gasteiger partial charge in [0.15, 0.2) is 6.61 Å². The van der Waals surface area contributed by atoms with Crippen molar-refractivity contribution in [2.24, 2.45) is 0 Å². The molecule has 0 unspecified atom stereocenters. The summed E-state index contributed by atoms with van der Waals surface area (Å²) in [5.74, 6) is 0.105. The molecule has 0 saturated heterocycles. The van der Waals surface area contributed by atoms with E-state index in [0.29, 0.717) is 27.9 Å². The predicted octanol–water partition coefficient (Wildman–Crippen LogP) is 5.23. The number of carbonyl (C=O) groups is 2. The van der Waals surface area contributed by atoms with Crippen molar-refractivity contribution in [2.75, 3.05) is 11.9 Å². The Kier molecular flexibility index (Phi) is 6.89. The van der Waals surface area contributed by atoms with E-state index in [1.54, 1.807) is 24.3 Å². The van der Waals surface area contributed by atoms with Crippen LogP contribution in [0.25, 0.3) is 0 Å². The maximum atomic E-state index is 13.1. The summed E-state index contributed by atoms with van der Waals surface area (Å²) >= 11 is 7.37. The van der Waals surface area contributed by atoms with E-state index in [-0.39, 0.29) is 18.4 Å². The Labute approximate surface area is 190 Å². The highest BCUT2D eigenvalue weighted by atomic mass is 35.5. The van der Waals surface area contributed by atoms with Crippen molar-refractivity contribution >= 4 is 39.8 Å². The number of nitrogens with one attached hydrogen (secondary N) is 2. The van der Waals surface area contributed by atoms with Gasteiger partial charge in [0, 0.05) is 16.4 Å². The zero-order chi connectivity index (χ0) is 21.6. The van der Waals surface area contributed by atoms with Crippen molar-refractivity contribution < 1.29 is 14.3 Å². The number of rotatable bonds is 7. The van der Waals surface area contributed by atoms with E-state index in [4.69, 9.17) is 16.3 Å². The monoisotopic (exact) mass is 454 g/mol. The fraction of sp³-hybridized carbons (Fsp3) is 0.250. The van der Waals surface area contributed by atoms with Gasteiger partial charge >= 0.3 is 0 Å². The number of ether oxygens (including phenoxy) is 1. The SMILES string of the molecule is O=C(COc1ccc(Cl)cc1)Nc1sc2c(c1C(=O)NCc1ccccc1)CCCC2. The number of hydrogen-bond acceptors (Lipinski definition) is 4. The Bertz CT molecular complexity index is 1060. The predicted molar refractivity (Wildman–Crippen MR) is 124 cm³/mol. The van der Waals surface area contributed by atoms with E-state index in [1.165, 1.54) is 16.2 Å². The minimum atomic E-state index is -0.300. The summed E-state index contributed by atoms with van der Waals surface area (Å²) in [7, 11) is 0. The molecule has 4 rings (SSSR count). The maximum Gasteiger partial charge on any atom is 0.262 e. The Morgan fingerprint density at radius 2 is 1.74 bits per heavy atom. The molecule has 0 bridgehead atoms. The van der Waals surface area contributed by atoms with Crippen LogP contribution in [0, 0.1) is 0 Å². The fourth-order valence-corrected chi connectivity index (χ4v) is 5.03. The van der Waals surface area contributed by atoms with Crippen LogP contribution in [0.2, 0.25) is 5.02 Å². The Morgan fingerprint density at radius 1 is 1.00 bits per heavy atom. The first-order valence-electron chi connectivity index (χ1n) is 10.2. The number of hydrogen-bond donors (Lipinski definition) is 2. The van der Waals surface area contributed by atoms with Gasteiger partial charge in [0.1, 0.15) is 10.8 Å². The average molecular weight is 455 g/mol. The molecule has 0 spiro atoms. The molecule has 1 aromatic heterocycles. The van der Waals surface area contributed by atoms with Crippen molar-refractivity contribution in [3.8, 4) is 5.75 Å². The summed E-state index contributed by atoms with van der Waals surface area (Å²) in [6, 6.07) is 16.6. The number of aryl methyl sites for hydroxylation is 1. The standard InChI is InChI=1S/C24H23ClN2O3S/c25-17-10-12-18(13-11-17)30-15-21(28)27-24-22(19-8-4-5-9-20(19)31-24)23(29)26-14-16-6-2-1-3-7-16/h1-3,6-7,10-13H,4-5,8-9,14-15H2,(H,26,29)(H,27,28). The van der Waals surface area contributed by atoms with E-state index in [1.807, 2.05) is 30.3 Å². The molecule has 1 aliphatic carbocycles. The van der Waals surface area contributed by atoms with Crippen molar-refractivity contribution in [2.45, 2.75) is 32.2 Å². The molecule has 0 saturated carbocycles.